The predicted molar refractivity (Wildman–Crippen MR) is 105 cm³/mol. The number of fused-ring (bicyclic) bond motifs is 2. The number of hydrogen-bond acceptors (Lipinski definition) is 2. The first-order chi connectivity index (χ1) is 12.1. The molecule has 4 aromatic rings. The highest BCUT2D eigenvalue weighted by Gasteiger charge is 2.10. The quantitative estimate of drug-likeness (QED) is 0.488. The summed E-state index contributed by atoms with van der Waals surface area (Å²) in [6.45, 7) is 0.337. The fourth-order valence-electron chi connectivity index (χ4n) is 3.11. The Hall–Kier alpha value is -2.59. The van der Waals surface area contributed by atoms with E-state index in [1.54, 1.807) is 17.7 Å². The molecule has 0 saturated carbocycles. The molecule has 3 aromatic carbocycles. The fourth-order valence-corrected chi connectivity index (χ4v) is 3.57. The standard InChI is InChI=1S/C21H16BrNO2/c1-23-19-9-5-4-7-16(19)15(12-20(23)24)13-25-21-17-8-3-2-6-14(17)10-11-18(21)22/h2-12H,13H2,1H3. The van der Waals surface area contributed by atoms with Crippen molar-refractivity contribution in [3.8, 4) is 5.75 Å². The van der Waals surface area contributed by atoms with Gasteiger partial charge in [0.2, 0.25) is 0 Å². The van der Waals surface area contributed by atoms with Gasteiger partial charge in [-0.05, 0) is 33.4 Å². The van der Waals surface area contributed by atoms with Gasteiger partial charge in [-0.3, -0.25) is 4.79 Å². The van der Waals surface area contributed by atoms with Crippen molar-refractivity contribution in [2.24, 2.45) is 7.05 Å². The third-order valence-corrected chi connectivity index (χ3v) is 5.07. The van der Waals surface area contributed by atoms with E-state index in [0.717, 1.165) is 37.5 Å². The second-order valence-corrected chi connectivity index (χ2v) is 6.82. The molecular formula is C21H16BrNO2. The highest BCUT2D eigenvalue weighted by molar-refractivity contribution is 9.10. The largest absolute Gasteiger partial charge is 0.487 e. The van der Waals surface area contributed by atoms with Crippen molar-refractivity contribution in [3.05, 3.63) is 87.1 Å². The molecule has 0 aliphatic carbocycles. The topological polar surface area (TPSA) is 31.2 Å². The first kappa shape index (κ1) is 15.9. The maximum absolute atomic E-state index is 12.2. The fraction of sp³-hybridized carbons (Fsp3) is 0.0952. The zero-order valence-electron chi connectivity index (χ0n) is 13.7. The van der Waals surface area contributed by atoms with E-state index in [9.17, 15) is 4.79 Å². The van der Waals surface area contributed by atoms with Crippen molar-refractivity contribution in [2.75, 3.05) is 0 Å². The van der Waals surface area contributed by atoms with Crippen LogP contribution in [0.5, 0.6) is 5.75 Å². The van der Waals surface area contributed by atoms with Crippen LogP contribution in [0.15, 0.2) is 76.0 Å². The molecule has 0 radical (unpaired) electrons. The molecule has 0 aliphatic rings. The maximum atomic E-state index is 12.2. The molecule has 124 valence electrons. The van der Waals surface area contributed by atoms with Crippen LogP contribution in [-0.2, 0) is 13.7 Å². The van der Waals surface area contributed by atoms with Crippen LogP contribution in [0.2, 0.25) is 0 Å². The van der Waals surface area contributed by atoms with Crippen LogP contribution in [0.4, 0.5) is 0 Å². The van der Waals surface area contributed by atoms with E-state index in [1.807, 2.05) is 48.5 Å². The van der Waals surface area contributed by atoms with Crippen LogP contribution in [-0.4, -0.2) is 4.57 Å². The Labute approximate surface area is 153 Å². The van der Waals surface area contributed by atoms with E-state index in [2.05, 4.69) is 28.1 Å². The lowest BCUT2D eigenvalue weighted by Crippen LogP contribution is -2.17. The van der Waals surface area contributed by atoms with Crippen molar-refractivity contribution < 1.29 is 4.74 Å². The number of nitrogens with zero attached hydrogens (tertiary/aromatic N) is 1. The lowest BCUT2D eigenvalue weighted by molar-refractivity contribution is 0.309. The van der Waals surface area contributed by atoms with Gasteiger partial charge in [0.25, 0.3) is 5.56 Å². The minimum absolute atomic E-state index is 0.0331. The summed E-state index contributed by atoms with van der Waals surface area (Å²) in [5.74, 6) is 0.794. The lowest BCUT2D eigenvalue weighted by Gasteiger charge is -2.14. The number of hydrogen-bond donors (Lipinski definition) is 0. The van der Waals surface area contributed by atoms with Crippen molar-refractivity contribution in [1.82, 2.24) is 4.57 Å². The Balaban J connectivity index is 1.78. The maximum Gasteiger partial charge on any atom is 0.251 e. The van der Waals surface area contributed by atoms with E-state index >= 15 is 0 Å². The molecule has 3 nitrogen and oxygen atoms in total. The Kier molecular flexibility index (Phi) is 4.06. The summed E-state index contributed by atoms with van der Waals surface area (Å²) >= 11 is 3.58. The molecule has 25 heavy (non-hydrogen) atoms. The molecule has 4 heteroatoms. The van der Waals surface area contributed by atoms with Gasteiger partial charge in [0.1, 0.15) is 12.4 Å². The molecule has 1 aromatic heterocycles. The minimum atomic E-state index is -0.0331. The molecular weight excluding hydrogens is 378 g/mol. The summed E-state index contributed by atoms with van der Waals surface area (Å²) < 4.78 is 8.71. The summed E-state index contributed by atoms with van der Waals surface area (Å²) in [7, 11) is 1.79. The highest BCUT2D eigenvalue weighted by atomic mass is 79.9. The van der Waals surface area contributed by atoms with Crippen molar-refractivity contribution in [1.29, 1.82) is 0 Å². The number of benzene rings is 3. The highest BCUT2D eigenvalue weighted by Crippen LogP contribution is 2.34. The monoisotopic (exact) mass is 393 g/mol. The Bertz CT molecular complexity index is 1150. The number of aromatic nitrogens is 1. The van der Waals surface area contributed by atoms with Gasteiger partial charge in [0.15, 0.2) is 0 Å². The Morgan fingerprint density at radius 1 is 0.960 bits per heavy atom. The summed E-state index contributed by atoms with van der Waals surface area (Å²) in [5, 5.41) is 3.19. The van der Waals surface area contributed by atoms with Gasteiger partial charge in [0, 0.05) is 29.4 Å². The lowest BCUT2D eigenvalue weighted by atomic mass is 10.1. The molecule has 0 spiro atoms. The summed E-state index contributed by atoms with van der Waals surface area (Å²) in [6, 6.07) is 21.7. The van der Waals surface area contributed by atoms with E-state index in [-0.39, 0.29) is 5.56 Å². The normalized spacial score (nSPS) is 11.1. The SMILES string of the molecule is Cn1c(=O)cc(COc2c(Br)ccc3ccccc23)c2ccccc21. The first-order valence-corrected chi connectivity index (χ1v) is 8.82. The molecule has 4 rings (SSSR count). The third kappa shape index (κ3) is 2.83. The number of aryl methyl sites for hydroxylation is 1. The van der Waals surface area contributed by atoms with Crippen LogP contribution in [0.3, 0.4) is 0 Å². The number of pyridine rings is 1. The van der Waals surface area contributed by atoms with Crippen LogP contribution in [0.1, 0.15) is 5.56 Å². The number of halogens is 1. The van der Waals surface area contributed by atoms with E-state index in [1.165, 1.54) is 0 Å². The van der Waals surface area contributed by atoms with E-state index in [0.29, 0.717) is 6.61 Å². The van der Waals surface area contributed by atoms with Crippen molar-refractivity contribution in [2.45, 2.75) is 6.61 Å². The zero-order valence-corrected chi connectivity index (χ0v) is 15.3. The van der Waals surface area contributed by atoms with Gasteiger partial charge in [-0.15, -0.1) is 0 Å². The Morgan fingerprint density at radius 3 is 2.52 bits per heavy atom. The second-order valence-electron chi connectivity index (χ2n) is 5.97. The molecule has 0 fully saturated rings. The average molecular weight is 394 g/mol. The van der Waals surface area contributed by atoms with Crippen LogP contribution in [0.25, 0.3) is 21.7 Å². The van der Waals surface area contributed by atoms with Gasteiger partial charge >= 0.3 is 0 Å². The second kappa shape index (κ2) is 6.37. The first-order valence-electron chi connectivity index (χ1n) is 8.03. The molecule has 0 atom stereocenters. The van der Waals surface area contributed by atoms with Gasteiger partial charge in [-0.1, -0.05) is 48.5 Å². The molecule has 0 saturated heterocycles. The van der Waals surface area contributed by atoms with Crippen LogP contribution in [0, 0.1) is 0 Å². The summed E-state index contributed by atoms with van der Waals surface area (Å²) in [4.78, 5) is 12.2. The van der Waals surface area contributed by atoms with Crippen LogP contribution < -0.4 is 10.3 Å². The molecule has 1 heterocycles. The molecule has 0 bridgehead atoms. The number of rotatable bonds is 3. The smallest absolute Gasteiger partial charge is 0.251 e. The number of ether oxygens (including phenoxy) is 1. The van der Waals surface area contributed by atoms with Crippen molar-refractivity contribution in [3.63, 3.8) is 0 Å². The van der Waals surface area contributed by atoms with Crippen LogP contribution >= 0.6 is 15.9 Å². The predicted octanol–water partition coefficient (Wildman–Crippen LogP) is 5.03. The van der Waals surface area contributed by atoms with E-state index < -0.39 is 0 Å². The summed E-state index contributed by atoms with van der Waals surface area (Å²) in [5.41, 5.74) is 1.76. The van der Waals surface area contributed by atoms with E-state index in [4.69, 9.17) is 4.74 Å². The van der Waals surface area contributed by atoms with Crippen molar-refractivity contribution >= 4 is 37.6 Å². The molecule has 0 aliphatic heterocycles. The summed E-state index contributed by atoms with van der Waals surface area (Å²) in [6.07, 6.45) is 0. The molecule has 0 amide bonds. The van der Waals surface area contributed by atoms with Gasteiger partial charge in [0.05, 0.1) is 9.99 Å². The molecule has 0 N–H and O–H groups in total. The molecule has 0 unspecified atom stereocenters. The van der Waals surface area contributed by atoms with Gasteiger partial charge < -0.3 is 9.30 Å². The zero-order chi connectivity index (χ0) is 17.4. The van der Waals surface area contributed by atoms with Gasteiger partial charge in [-0.25, -0.2) is 0 Å². The number of para-hydroxylation sites is 1. The third-order valence-electron chi connectivity index (χ3n) is 4.44. The minimum Gasteiger partial charge on any atom is -0.487 e. The Morgan fingerprint density at radius 2 is 1.68 bits per heavy atom. The average Bonchev–Trinajstić information content (AvgIpc) is 2.64. The van der Waals surface area contributed by atoms with Gasteiger partial charge in [-0.2, -0.15) is 0 Å².